The monoisotopic (exact) mass is 344 g/mol. The van der Waals surface area contributed by atoms with Crippen molar-refractivity contribution in [3.8, 4) is 0 Å². The van der Waals surface area contributed by atoms with Gasteiger partial charge in [-0.25, -0.2) is 4.79 Å². The van der Waals surface area contributed by atoms with E-state index in [1.807, 2.05) is 56.1 Å². The van der Waals surface area contributed by atoms with E-state index in [1.165, 1.54) is 0 Å². The maximum absolute atomic E-state index is 12.5. The molecule has 1 aliphatic rings. The molecule has 6 nitrogen and oxygen atoms in total. The predicted molar refractivity (Wildman–Crippen MR) is 94.7 cm³/mol. The Morgan fingerprint density at radius 3 is 2.76 bits per heavy atom. The summed E-state index contributed by atoms with van der Waals surface area (Å²) < 4.78 is 12.2. The average molecular weight is 344 g/mol. The maximum Gasteiger partial charge on any atom is 0.419 e. The number of aromatic nitrogens is 1. The summed E-state index contributed by atoms with van der Waals surface area (Å²) in [7, 11) is 0. The number of fused-ring (bicyclic) bond motifs is 1. The first kappa shape index (κ1) is 17.5. The highest BCUT2D eigenvalue weighted by atomic mass is 16.6. The van der Waals surface area contributed by atoms with E-state index in [4.69, 9.17) is 9.47 Å². The second kappa shape index (κ2) is 6.88. The molecule has 1 aromatic heterocycles. The Kier molecular flexibility index (Phi) is 4.81. The van der Waals surface area contributed by atoms with Crippen LogP contribution in [-0.4, -0.2) is 53.4 Å². The third-order valence-electron chi connectivity index (χ3n) is 4.12. The van der Waals surface area contributed by atoms with E-state index in [2.05, 4.69) is 0 Å². The van der Waals surface area contributed by atoms with Crippen LogP contribution in [0, 0.1) is 0 Å². The van der Waals surface area contributed by atoms with Crippen LogP contribution in [0.4, 0.5) is 4.79 Å². The number of carbonyl (C=O) groups is 2. The molecule has 0 N–H and O–H groups in total. The van der Waals surface area contributed by atoms with Crippen LogP contribution in [0.2, 0.25) is 0 Å². The van der Waals surface area contributed by atoms with Gasteiger partial charge in [-0.3, -0.25) is 9.36 Å². The number of amides is 1. The Morgan fingerprint density at radius 2 is 2.04 bits per heavy atom. The van der Waals surface area contributed by atoms with Crippen molar-refractivity contribution >= 4 is 22.9 Å². The molecule has 1 fully saturated rings. The summed E-state index contributed by atoms with van der Waals surface area (Å²) in [6, 6.07) is 7.75. The highest BCUT2D eigenvalue weighted by Crippen LogP contribution is 2.23. The van der Waals surface area contributed by atoms with Gasteiger partial charge >= 0.3 is 6.09 Å². The maximum atomic E-state index is 12.5. The van der Waals surface area contributed by atoms with Crippen molar-refractivity contribution in [2.24, 2.45) is 0 Å². The summed E-state index contributed by atoms with van der Waals surface area (Å²) >= 11 is 0. The zero-order valence-corrected chi connectivity index (χ0v) is 14.9. The Morgan fingerprint density at radius 1 is 1.28 bits per heavy atom. The number of rotatable bonds is 3. The average Bonchev–Trinajstić information content (AvgIpc) is 2.92. The van der Waals surface area contributed by atoms with Gasteiger partial charge in [-0.1, -0.05) is 18.2 Å². The second-order valence-corrected chi connectivity index (χ2v) is 7.21. The molecule has 0 unspecified atom stereocenters. The number of morpholine rings is 1. The molecule has 0 spiro atoms. The van der Waals surface area contributed by atoms with Crippen molar-refractivity contribution < 1.29 is 19.1 Å². The van der Waals surface area contributed by atoms with Crippen molar-refractivity contribution in [1.82, 2.24) is 9.47 Å². The summed E-state index contributed by atoms with van der Waals surface area (Å²) in [5, 5.41) is 1.01. The molecule has 1 aromatic carbocycles. The molecule has 1 aliphatic heterocycles. The van der Waals surface area contributed by atoms with Gasteiger partial charge < -0.3 is 14.4 Å². The van der Waals surface area contributed by atoms with Crippen LogP contribution in [0.5, 0.6) is 0 Å². The Balaban J connectivity index is 1.83. The van der Waals surface area contributed by atoms with Crippen molar-refractivity contribution in [3.63, 3.8) is 0 Å². The Hall–Kier alpha value is -2.34. The SMILES string of the molecule is CC(C)(C)OC(=O)n1cc(CCN2CCOCC2=O)c2ccccc21. The molecule has 1 amide bonds. The van der Waals surface area contributed by atoms with Crippen LogP contribution >= 0.6 is 0 Å². The van der Waals surface area contributed by atoms with E-state index in [1.54, 1.807) is 4.57 Å². The van der Waals surface area contributed by atoms with Crippen molar-refractivity contribution in [2.45, 2.75) is 32.8 Å². The lowest BCUT2D eigenvalue weighted by Gasteiger charge is -2.26. The molecule has 0 saturated carbocycles. The normalized spacial score (nSPS) is 15.6. The molecule has 0 atom stereocenters. The number of benzene rings is 1. The lowest BCUT2D eigenvalue weighted by atomic mass is 10.1. The molecule has 2 heterocycles. The molecule has 6 heteroatoms. The molecule has 3 rings (SSSR count). The van der Waals surface area contributed by atoms with Crippen molar-refractivity contribution in [3.05, 3.63) is 36.0 Å². The van der Waals surface area contributed by atoms with E-state index >= 15 is 0 Å². The third-order valence-corrected chi connectivity index (χ3v) is 4.12. The van der Waals surface area contributed by atoms with E-state index in [0.29, 0.717) is 26.1 Å². The third kappa shape index (κ3) is 4.02. The smallest absolute Gasteiger partial charge is 0.419 e. The minimum atomic E-state index is -0.553. The van der Waals surface area contributed by atoms with Gasteiger partial charge in [-0.2, -0.15) is 0 Å². The molecule has 2 aromatic rings. The topological polar surface area (TPSA) is 60.8 Å². The summed E-state index contributed by atoms with van der Waals surface area (Å²) in [4.78, 5) is 26.2. The van der Waals surface area contributed by atoms with Gasteiger partial charge in [0.15, 0.2) is 0 Å². The van der Waals surface area contributed by atoms with Crippen LogP contribution in [0.25, 0.3) is 10.9 Å². The first-order valence-electron chi connectivity index (χ1n) is 8.53. The summed E-state index contributed by atoms with van der Waals surface area (Å²) in [5.41, 5.74) is 1.30. The molecule has 25 heavy (non-hydrogen) atoms. The predicted octanol–water partition coefficient (Wildman–Crippen LogP) is 2.83. The van der Waals surface area contributed by atoms with Crippen LogP contribution in [0.3, 0.4) is 0 Å². The van der Waals surface area contributed by atoms with Crippen LogP contribution in [0.15, 0.2) is 30.5 Å². The lowest BCUT2D eigenvalue weighted by Crippen LogP contribution is -2.42. The molecule has 134 valence electrons. The number of para-hydroxylation sites is 1. The standard InChI is InChI=1S/C19H24N2O4/c1-19(2,3)25-18(23)21-12-14(15-6-4-5-7-16(15)21)8-9-20-10-11-24-13-17(20)22/h4-7,12H,8-11,13H2,1-3H3. The molecule has 1 saturated heterocycles. The van der Waals surface area contributed by atoms with Gasteiger partial charge in [0, 0.05) is 24.7 Å². The highest BCUT2D eigenvalue weighted by Gasteiger charge is 2.22. The van der Waals surface area contributed by atoms with Crippen LogP contribution < -0.4 is 0 Å². The Labute approximate surface area is 147 Å². The largest absolute Gasteiger partial charge is 0.443 e. The first-order chi connectivity index (χ1) is 11.8. The molecule has 0 bridgehead atoms. The number of carbonyl (C=O) groups excluding carboxylic acids is 2. The number of ether oxygens (including phenoxy) is 2. The zero-order chi connectivity index (χ0) is 18.0. The lowest BCUT2D eigenvalue weighted by molar-refractivity contribution is -0.142. The molecule has 0 radical (unpaired) electrons. The first-order valence-corrected chi connectivity index (χ1v) is 8.53. The fourth-order valence-electron chi connectivity index (χ4n) is 2.95. The molecular formula is C19H24N2O4. The highest BCUT2D eigenvalue weighted by molar-refractivity contribution is 5.92. The van der Waals surface area contributed by atoms with E-state index < -0.39 is 11.7 Å². The van der Waals surface area contributed by atoms with Crippen LogP contribution in [0.1, 0.15) is 26.3 Å². The molecule has 0 aliphatic carbocycles. The number of hydrogen-bond donors (Lipinski definition) is 0. The number of nitrogens with zero attached hydrogens (tertiary/aromatic N) is 2. The van der Waals surface area contributed by atoms with Gasteiger partial charge in [0.05, 0.1) is 12.1 Å². The minimum absolute atomic E-state index is 0.0159. The van der Waals surface area contributed by atoms with Gasteiger partial charge in [0.1, 0.15) is 12.2 Å². The Bertz CT molecular complexity index is 788. The summed E-state index contributed by atoms with van der Waals surface area (Å²) in [6.07, 6.45) is 2.11. The van der Waals surface area contributed by atoms with E-state index in [0.717, 1.165) is 16.5 Å². The van der Waals surface area contributed by atoms with Gasteiger partial charge in [-0.05, 0) is 38.8 Å². The van der Waals surface area contributed by atoms with Gasteiger partial charge in [0.2, 0.25) is 5.91 Å². The fraction of sp³-hybridized carbons (Fsp3) is 0.474. The molecular weight excluding hydrogens is 320 g/mol. The summed E-state index contributed by atoms with van der Waals surface area (Å²) in [6.45, 7) is 7.50. The summed E-state index contributed by atoms with van der Waals surface area (Å²) in [5.74, 6) is 0.0159. The fourth-order valence-corrected chi connectivity index (χ4v) is 2.95. The van der Waals surface area contributed by atoms with E-state index in [9.17, 15) is 9.59 Å². The van der Waals surface area contributed by atoms with Crippen molar-refractivity contribution in [1.29, 1.82) is 0 Å². The second-order valence-electron chi connectivity index (χ2n) is 7.21. The quantitative estimate of drug-likeness (QED) is 0.859. The zero-order valence-electron chi connectivity index (χ0n) is 14.9. The van der Waals surface area contributed by atoms with Crippen LogP contribution in [-0.2, 0) is 20.7 Å². The van der Waals surface area contributed by atoms with Crippen molar-refractivity contribution in [2.75, 3.05) is 26.3 Å². The van der Waals surface area contributed by atoms with Gasteiger partial charge in [-0.15, -0.1) is 0 Å². The minimum Gasteiger partial charge on any atom is -0.443 e. The number of hydrogen-bond acceptors (Lipinski definition) is 4. The van der Waals surface area contributed by atoms with Gasteiger partial charge in [0.25, 0.3) is 0 Å². The van der Waals surface area contributed by atoms with E-state index in [-0.39, 0.29) is 12.5 Å².